The van der Waals surface area contributed by atoms with E-state index in [4.69, 9.17) is 4.74 Å². The van der Waals surface area contributed by atoms with E-state index in [1.165, 1.54) is 0 Å². The number of benzene rings is 1. The van der Waals surface area contributed by atoms with Crippen molar-refractivity contribution in [3.8, 4) is 5.75 Å². The van der Waals surface area contributed by atoms with E-state index in [0.29, 0.717) is 13.0 Å². The van der Waals surface area contributed by atoms with E-state index in [1.807, 2.05) is 39.0 Å². The molecule has 1 aromatic rings. The SMILES string of the molecule is CCCC(=O)Nc1cc(C)cc(OCC)c1. The number of carbonyl (C=O) groups excluding carboxylic acids is 1. The number of carbonyl (C=O) groups is 1. The quantitative estimate of drug-likeness (QED) is 0.829. The van der Waals surface area contributed by atoms with E-state index in [1.54, 1.807) is 0 Å². The second-order valence-electron chi connectivity index (χ2n) is 3.77. The molecule has 0 aliphatic heterocycles. The highest BCUT2D eigenvalue weighted by Gasteiger charge is 2.03. The van der Waals surface area contributed by atoms with Crippen LogP contribution in [0, 0.1) is 6.92 Å². The maximum atomic E-state index is 11.4. The van der Waals surface area contributed by atoms with Crippen LogP contribution in [0.4, 0.5) is 5.69 Å². The third-order valence-corrected chi connectivity index (χ3v) is 2.12. The highest BCUT2D eigenvalue weighted by atomic mass is 16.5. The van der Waals surface area contributed by atoms with Crippen LogP contribution in [0.2, 0.25) is 0 Å². The maximum Gasteiger partial charge on any atom is 0.224 e. The Labute approximate surface area is 96.8 Å². The smallest absolute Gasteiger partial charge is 0.224 e. The zero-order chi connectivity index (χ0) is 12.0. The predicted octanol–water partition coefficient (Wildman–Crippen LogP) is 3.13. The summed E-state index contributed by atoms with van der Waals surface area (Å²) in [6.07, 6.45) is 1.41. The van der Waals surface area contributed by atoms with E-state index >= 15 is 0 Å². The van der Waals surface area contributed by atoms with Crippen molar-refractivity contribution < 1.29 is 9.53 Å². The molecule has 0 radical (unpaired) electrons. The molecule has 0 aliphatic rings. The molecule has 3 heteroatoms. The summed E-state index contributed by atoms with van der Waals surface area (Å²) in [6.45, 7) is 6.54. The van der Waals surface area contributed by atoms with E-state index in [-0.39, 0.29) is 5.91 Å². The zero-order valence-corrected chi connectivity index (χ0v) is 10.2. The van der Waals surface area contributed by atoms with E-state index in [9.17, 15) is 4.79 Å². The van der Waals surface area contributed by atoms with Crippen molar-refractivity contribution in [2.75, 3.05) is 11.9 Å². The number of aryl methyl sites for hydroxylation is 1. The molecule has 3 nitrogen and oxygen atoms in total. The number of anilines is 1. The van der Waals surface area contributed by atoms with E-state index in [2.05, 4.69) is 5.32 Å². The molecule has 88 valence electrons. The molecule has 0 saturated heterocycles. The molecule has 16 heavy (non-hydrogen) atoms. The molecule has 0 aliphatic carbocycles. The van der Waals surface area contributed by atoms with Gasteiger partial charge in [-0.15, -0.1) is 0 Å². The topological polar surface area (TPSA) is 38.3 Å². The molecule has 0 heterocycles. The van der Waals surface area contributed by atoms with Crippen molar-refractivity contribution in [2.45, 2.75) is 33.6 Å². The van der Waals surface area contributed by atoms with Gasteiger partial charge in [-0.1, -0.05) is 6.92 Å². The molecule has 1 aromatic carbocycles. The largest absolute Gasteiger partial charge is 0.494 e. The van der Waals surface area contributed by atoms with Gasteiger partial charge in [0.05, 0.1) is 6.61 Å². The minimum Gasteiger partial charge on any atom is -0.494 e. The van der Waals surface area contributed by atoms with Gasteiger partial charge in [-0.2, -0.15) is 0 Å². The zero-order valence-electron chi connectivity index (χ0n) is 10.2. The Kier molecular flexibility index (Phi) is 4.83. The Morgan fingerprint density at radius 2 is 2.06 bits per heavy atom. The molecule has 0 fully saturated rings. The Morgan fingerprint density at radius 3 is 2.69 bits per heavy atom. The fourth-order valence-corrected chi connectivity index (χ4v) is 1.52. The normalized spacial score (nSPS) is 9.94. The molecule has 0 saturated carbocycles. The third-order valence-electron chi connectivity index (χ3n) is 2.12. The number of rotatable bonds is 5. The summed E-state index contributed by atoms with van der Waals surface area (Å²) >= 11 is 0. The van der Waals surface area contributed by atoms with Crippen molar-refractivity contribution in [1.29, 1.82) is 0 Å². The Bertz CT molecular complexity index is 361. The molecular weight excluding hydrogens is 202 g/mol. The van der Waals surface area contributed by atoms with Crippen LogP contribution in [0.15, 0.2) is 18.2 Å². The first-order valence-electron chi connectivity index (χ1n) is 5.70. The van der Waals surface area contributed by atoms with Crippen LogP contribution < -0.4 is 10.1 Å². The molecule has 0 aromatic heterocycles. The first-order valence-corrected chi connectivity index (χ1v) is 5.70. The second-order valence-corrected chi connectivity index (χ2v) is 3.77. The first kappa shape index (κ1) is 12.6. The minimum atomic E-state index is 0.0514. The van der Waals surface area contributed by atoms with Crippen LogP contribution in [0.5, 0.6) is 5.75 Å². The van der Waals surface area contributed by atoms with Gasteiger partial charge in [0.2, 0.25) is 5.91 Å². The van der Waals surface area contributed by atoms with Gasteiger partial charge in [-0.3, -0.25) is 4.79 Å². The molecule has 0 bridgehead atoms. The maximum absolute atomic E-state index is 11.4. The van der Waals surface area contributed by atoms with E-state index in [0.717, 1.165) is 23.4 Å². The van der Waals surface area contributed by atoms with Crippen LogP contribution in [0.25, 0.3) is 0 Å². The van der Waals surface area contributed by atoms with Crippen molar-refractivity contribution in [2.24, 2.45) is 0 Å². The van der Waals surface area contributed by atoms with Gasteiger partial charge in [0.1, 0.15) is 5.75 Å². The minimum absolute atomic E-state index is 0.0514. The summed E-state index contributed by atoms with van der Waals surface area (Å²) in [7, 11) is 0. The fraction of sp³-hybridized carbons (Fsp3) is 0.462. The molecule has 0 atom stereocenters. The number of hydrogen-bond acceptors (Lipinski definition) is 2. The number of ether oxygens (including phenoxy) is 1. The van der Waals surface area contributed by atoms with Crippen LogP contribution in [-0.2, 0) is 4.79 Å². The Balaban J connectivity index is 2.75. The molecular formula is C13H19NO2. The van der Waals surface area contributed by atoms with Gasteiger partial charge in [0.15, 0.2) is 0 Å². The molecule has 1 amide bonds. The van der Waals surface area contributed by atoms with Crippen molar-refractivity contribution in [1.82, 2.24) is 0 Å². The predicted molar refractivity (Wildman–Crippen MR) is 65.9 cm³/mol. The van der Waals surface area contributed by atoms with E-state index < -0.39 is 0 Å². The lowest BCUT2D eigenvalue weighted by atomic mass is 10.2. The van der Waals surface area contributed by atoms with Crippen LogP contribution in [0.1, 0.15) is 32.3 Å². The lowest BCUT2D eigenvalue weighted by Gasteiger charge is -2.09. The summed E-state index contributed by atoms with van der Waals surface area (Å²) in [6, 6.07) is 5.75. The highest BCUT2D eigenvalue weighted by molar-refractivity contribution is 5.90. The summed E-state index contributed by atoms with van der Waals surface area (Å²) in [5.41, 5.74) is 1.89. The summed E-state index contributed by atoms with van der Waals surface area (Å²) in [4.78, 5) is 11.4. The van der Waals surface area contributed by atoms with Crippen LogP contribution in [0.3, 0.4) is 0 Å². The lowest BCUT2D eigenvalue weighted by Crippen LogP contribution is -2.10. The van der Waals surface area contributed by atoms with Gasteiger partial charge in [-0.05, 0) is 38.0 Å². The Hall–Kier alpha value is -1.51. The second kappa shape index (κ2) is 6.16. The number of hydrogen-bond donors (Lipinski definition) is 1. The van der Waals surface area contributed by atoms with Gasteiger partial charge in [0.25, 0.3) is 0 Å². The van der Waals surface area contributed by atoms with Gasteiger partial charge in [-0.25, -0.2) is 0 Å². The molecule has 0 unspecified atom stereocenters. The number of amides is 1. The summed E-state index contributed by atoms with van der Waals surface area (Å²) in [5, 5.41) is 2.86. The first-order chi connectivity index (χ1) is 7.65. The van der Waals surface area contributed by atoms with Crippen molar-refractivity contribution in [3.05, 3.63) is 23.8 Å². The van der Waals surface area contributed by atoms with Gasteiger partial charge >= 0.3 is 0 Å². The Morgan fingerprint density at radius 1 is 1.31 bits per heavy atom. The third kappa shape index (κ3) is 3.93. The van der Waals surface area contributed by atoms with Gasteiger partial charge < -0.3 is 10.1 Å². The summed E-state index contributed by atoms with van der Waals surface area (Å²) in [5.74, 6) is 0.852. The standard InChI is InChI=1S/C13H19NO2/c1-4-6-13(15)14-11-7-10(3)8-12(9-11)16-5-2/h7-9H,4-6H2,1-3H3,(H,14,15). The molecule has 1 N–H and O–H groups in total. The highest BCUT2D eigenvalue weighted by Crippen LogP contribution is 2.20. The number of nitrogens with one attached hydrogen (secondary N) is 1. The lowest BCUT2D eigenvalue weighted by molar-refractivity contribution is -0.116. The monoisotopic (exact) mass is 221 g/mol. The van der Waals surface area contributed by atoms with Crippen molar-refractivity contribution >= 4 is 11.6 Å². The molecule has 0 spiro atoms. The fourth-order valence-electron chi connectivity index (χ4n) is 1.52. The summed E-state index contributed by atoms with van der Waals surface area (Å²) < 4.78 is 5.42. The van der Waals surface area contributed by atoms with Crippen LogP contribution in [-0.4, -0.2) is 12.5 Å². The van der Waals surface area contributed by atoms with Crippen molar-refractivity contribution in [3.63, 3.8) is 0 Å². The molecule has 1 rings (SSSR count). The van der Waals surface area contributed by atoms with Crippen LogP contribution >= 0.6 is 0 Å². The van der Waals surface area contributed by atoms with Gasteiger partial charge in [0, 0.05) is 18.2 Å². The average molecular weight is 221 g/mol. The average Bonchev–Trinajstić information content (AvgIpc) is 2.17.